The van der Waals surface area contributed by atoms with Gasteiger partial charge in [-0.25, -0.2) is 9.97 Å². The van der Waals surface area contributed by atoms with Crippen molar-refractivity contribution in [1.29, 1.82) is 0 Å². The largest absolute Gasteiger partial charge is 0.334 e. The summed E-state index contributed by atoms with van der Waals surface area (Å²) in [6, 6.07) is 9.97. The van der Waals surface area contributed by atoms with Gasteiger partial charge in [-0.05, 0) is 25.2 Å². The third-order valence-corrected chi connectivity index (χ3v) is 4.99. The van der Waals surface area contributed by atoms with Crippen LogP contribution in [0.2, 0.25) is 0 Å². The maximum atomic E-state index is 13.1. The van der Waals surface area contributed by atoms with Crippen molar-refractivity contribution in [3.63, 3.8) is 0 Å². The molecule has 4 rings (SSSR count). The van der Waals surface area contributed by atoms with Gasteiger partial charge in [-0.1, -0.05) is 30.3 Å². The second-order valence-electron chi connectivity index (χ2n) is 6.47. The van der Waals surface area contributed by atoms with Crippen LogP contribution < -0.4 is 5.73 Å². The highest BCUT2D eigenvalue weighted by atomic mass is 16.2. The van der Waals surface area contributed by atoms with Gasteiger partial charge in [0.25, 0.3) is 5.91 Å². The highest BCUT2D eigenvalue weighted by molar-refractivity contribution is 6.00. The van der Waals surface area contributed by atoms with E-state index in [2.05, 4.69) is 9.97 Å². The third-order valence-electron chi connectivity index (χ3n) is 4.99. The van der Waals surface area contributed by atoms with Crippen molar-refractivity contribution in [2.24, 2.45) is 17.6 Å². The van der Waals surface area contributed by atoms with Gasteiger partial charge < -0.3 is 10.6 Å². The van der Waals surface area contributed by atoms with Crippen LogP contribution in [0.4, 0.5) is 0 Å². The fourth-order valence-corrected chi connectivity index (χ4v) is 3.70. The first-order valence-electron chi connectivity index (χ1n) is 8.09. The number of benzene rings is 1. The Labute approximate surface area is 135 Å². The number of aromatic nitrogens is 2. The first-order valence-corrected chi connectivity index (χ1v) is 8.09. The number of hydrogen-bond acceptors (Lipinski definition) is 4. The molecule has 1 amide bonds. The zero-order chi connectivity index (χ0) is 16.0. The lowest BCUT2D eigenvalue weighted by atomic mass is 10.1. The Balaban J connectivity index is 1.73. The maximum Gasteiger partial charge on any atom is 0.257 e. The summed E-state index contributed by atoms with van der Waals surface area (Å²) in [5.41, 5.74) is 8.12. The Morgan fingerprint density at radius 3 is 2.87 bits per heavy atom. The molecule has 0 spiro atoms. The van der Waals surface area contributed by atoms with Gasteiger partial charge in [0.2, 0.25) is 0 Å². The minimum absolute atomic E-state index is 0.00602. The molecule has 1 saturated heterocycles. The highest BCUT2D eigenvalue weighted by Gasteiger charge is 2.53. The molecule has 1 aliphatic carbocycles. The molecule has 1 aromatic heterocycles. The number of piperidine rings is 1. The van der Waals surface area contributed by atoms with Crippen molar-refractivity contribution < 1.29 is 4.79 Å². The smallest absolute Gasteiger partial charge is 0.257 e. The number of rotatable bonds is 3. The fraction of sp³-hybridized carbons (Fsp3) is 0.389. The van der Waals surface area contributed by atoms with Crippen molar-refractivity contribution in [3.8, 4) is 11.3 Å². The predicted octanol–water partition coefficient (Wildman–Crippen LogP) is 1.87. The summed E-state index contributed by atoms with van der Waals surface area (Å²) in [7, 11) is 0. The van der Waals surface area contributed by atoms with Crippen molar-refractivity contribution >= 4 is 5.91 Å². The van der Waals surface area contributed by atoms with E-state index >= 15 is 0 Å². The van der Waals surface area contributed by atoms with Gasteiger partial charge in [0.15, 0.2) is 0 Å². The molecule has 2 fully saturated rings. The van der Waals surface area contributed by atoms with Gasteiger partial charge in [-0.3, -0.25) is 4.79 Å². The van der Waals surface area contributed by atoms with Crippen LogP contribution in [0.3, 0.4) is 0 Å². The summed E-state index contributed by atoms with van der Waals surface area (Å²) in [6.07, 6.45) is 2.87. The van der Waals surface area contributed by atoms with Crippen LogP contribution in [0.1, 0.15) is 22.6 Å². The average molecular weight is 308 g/mol. The lowest BCUT2D eigenvalue weighted by Crippen LogP contribution is -2.43. The van der Waals surface area contributed by atoms with Crippen molar-refractivity contribution in [2.45, 2.75) is 19.4 Å². The Morgan fingerprint density at radius 1 is 1.35 bits per heavy atom. The number of aryl methyl sites for hydroxylation is 1. The lowest BCUT2D eigenvalue weighted by molar-refractivity contribution is 0.0712. The van der Waals surface area contributed by atoms with E-state index in [0.717, 1.165) is 12.1 Å². The van der Waals surface area contributed by atoms with Gasteiger partial charge in [-0.2, -0.15) is 0 Å². The molecule has 0 radical (unpaired) electrons. The third kappa shape index (κ3) is 2.41. The van der Waals surface area contributed by atoms with Gasteiger partial charge in [0.1, 0.15) is 5.82 Å². The van der Waals surface area contributed by atoms with Crippen LogP contribution in [0.5, 0.6) is 0 Å². The topological polar surface area (TPSA) is 72.1 Å². The summed E-state index contributed by atoms with van der Waals surface area (Å²) in [5.74, 6) is 1.90. The maximum absolute atomic E-state index is 13.1. The number of amides is 1. The number of carbonyl (C=O) groups excluding carboxylic acids is 1. The number of nitrogens with two attached hydrogens (primary N) is 1. The van der Waals surface area contributed by atoms with E-state index in [-0.39, 0.29) is 11.9 Å². The van der Waals surface area contributed by atoms with E-state index in [4.69, 9.17) is 5.73 Å². The number of fused-ring (bicyclic) bond motifs is 1. The fourth-order valence-electron chi connectivity index (χ4n) is 3.70. The Kier molecular flexibility index (Phi) is 3.38. The van der Waals surface area contributed by atoms with Crippen LogP contribution in [-0.4, -0.2) is 39.9 Å². The standard InChI is InChI=1S/C18H20N4O/c1-11-20-9-15(17(21-11)12-5-3-2-4-6-12)18(23)22-10-13-7-14(13)16(22)8-19/h2-6,9,13-14,16H,7-8,10,19H2,1H3/t13-,14-,16-/m1/s1. The zero-order valence-corrected chi connectivity index (χ0v) is 13.1. The molecule has 1 aromatic carbocycles. The summed E-state index contributed by atoms with van der Waals surface area (Å²) in [4.78, 5) is 23.8. The summed E-state index contributed by atoms with van der Waals surface area (Å²) >= 11 is 0. The SMILES string of the molecule is Cc1ncc(C(=O)N2C[C@H]3C[C@H]3[C@H]2CN)c(-c2ccccc2)n1. The van der Waals surface area contributed by atoms with E-state index in [1.54, 1.807) is 6.20 Å². The monoisotopic (exact) mass is 308 g/mol. The average Bonchev–Trinajstić information content (AvgIpc) is 3.26. The van der Waals surface area contributed by atoms with E-state index in [9.17, 15) is 4.79 Å². The Hall–Kier alpha value is -2.27. The normalized spacial score (nSPS) is 25.3. The number of likely N-dealkylation sites (tertiary alicyclic amines) is 1. The quantitative estimate of drug-likeness (QED) is 0.939. The highest BCUT2D eigenvalue weighted by Crippen LogP contribution is 2.49. The molecule has 118 valence electrons. The van der Waals surface area contributed by atoms with Gasteiger partial charge in [0.05, 0.1) is 11.3 Å². The number of hydrogen-bond donors (Lipinski definition) is 1. The van der Waals surface area contributed by atoms with Crippen LogP contribution in [0.15, 0.2) is 36.5 Å². The van der Waals surface area contributed by atoms with Crippen molar-refractivity contribution in [2.75, 3.05) is 13.1 Å². The minimum Gasteiger partial charge on any atom is -0.334 e. The molecule has 3 atom stereocenters. The van der Waals surface area contributed by atoms with Crippen LogP contribution in [0, 0.1) is 18.8 Å². The molecule has 0 unspecified atom stereocenters. The van der Waals surface area contributed by atoms with E-state index in [1.807, 2.05) is 42.2 Å². The van der Waals surface area contributed by atoms with E-state index in [0.29, 0.717) is 35.5 Å². The molecule has 5 heteroatoms. The number of nitrogens with zero attached hydrogens (tertiary/aromatic N) is 3. The van der Waals surface area contributed by atoms with Crippen molar-refractivity contribution in [1.82, 2.24) is 14.9 Å². The first kappa shape index (κ1) is 14.3. The second-order valence-corrected chi connectivity index (χ2v) is 6.47. The molecule has 2 heterocycles. The molecule has 2 aliphatic rings. The van der Waals surface area contributed by atoms with Gasteiger partial charge >= 0.3 is 0 Å². The van der Waals surface area contributed by atoms with E-state index < -0.39 is 0 Å². The second kappa shape index (κ2) is 5.42. The van der Waals surface area contributed by atoms with Crippen LogP contribution >= 0.6 is 0 Å². The summed E-state index contributed by atoms with van der Waals surface area (Å²) in [6.45, 7) is 3.18. The number of carbonyl (C=O) groups is 1. The summed E-state index contributed by atoms with van der Waals surface area (Å²) in [5, 5.41) is 0. The Bertz CT molecular complexity index is 746. The van der Waals surface area contributed by atoms with Crippen molar-refractivity contribution in [3.05, 3.63) is 47.9 Å². The zero-order valence-electron chi connectivity index (χ0n) is 13.1. The molecule has 5 nitrogen and oxygen atoms in total. The molecular weight excluding hydrogens is 288 g/mol. The van der Waals surface area contributed by atoms with Crippen LogP contribution in [0.25, 0.3) is 11.3 Å². The summed E-state index contributed by atoms with van der Waals surface area (Å²) < 4.78 is 0. The molecule has 23 heavy (non-hydrogen) atoms. The first-order chi connectivity index (χ1) is 11.2. The lowest BCUT2D eigenvalue weighted by Gasteiger charge is -2.27. The molecule has 1 saturated carbocycles. The predicted molar refractivity (Wildman–Crippen MR) is 87.7 cm³/mol. The van der Waals surface area contributed by atoms with Gasteiger partial charge in [-0.15, -0.1) is 0 Å². The molecule has 2 N–H and O–H groups in total. The molecular formula is C18H20N4O. The van der Waals surface area contributed by atoms with Crippen LogP contribution in [-0.2, 0) is 0 Å². The molecule has 2 aromatic rings. The van der Waals surface area contributed by atoms with E-state index in [1.165, 1.54) is 6.42 Å². The minimum atomic E-state index is 0.00602. The molecule has 0 bridgehead atoms. The molecule has 1 aliphatic heterocycles. The van der Waals surface area contributed by atoms with Gasteiger partial charge in [0, 0.05) is 30.9 Å². The Morgan fingerprint density at radius 2 is 2.13 bits per heavy atom.